The highest BCUT2D eigenvalue weighted by Gasteiger charge is 2.50. The Labute approximate surface area is 120 Å². The molecular formula is C11H10F5N3O3. The van der Waals surface area contributed by atoms with Gasteiger partial charge in [-0.15, -0.1) is 0 Å². The van der Waals surface area contributed by atoms with Gasteiger partial charge in [-0.2, -0.15) is 18.3 Å². The van der Waals surface area contributed by atoms with E-state index in [4.69, 9.17) is 5.11 Å². The molecule has 0 aromatic carbocycles. The number of carbonyl (C=O) groups excluding carboxylic acids is 1. The van der Waals surface area contributed by atoms with Gasteiger partial charge in [0.15, 0.2) is 0 Å². The number of aromatic carboxylic acids is 1. The summed E-state index contributed by atoms with van der Waals surface area (Å²) in [7, 11) is 0. The number of anilines is 1. The summed E-state index contributed by atoms with van der Waals surface area (Å²) in [5.41, 5.74) is -0.741. The van der Waals surface area contributed by atoms with Crippen LogP contribution in [0.3, 0.4) is 0 Å². The van der Waals surface area contributed by atoms with Crippen LogP contribution in [0, 0.1) is 0 Å². The molecule has 2 heterocycles. The number of alkyl halides is 5. The van der Waals surface area contributed by atoms with Crippen molar-refractivity contribution in [1.82, 2.24) is 9.78 Å². The molecular weight excluding hydrogens is 317 g/mol. The highest BCUT2D eigenvalue weighted by atomic mass is 19.4. The number of fused-ring (bicyclic) bond motifs is 1. The molecule has 1 N–H and O–H groups in total. The molecule has 0 unspecified atom stereocenters. The van der Waals surface area contributed by atoms with Crippen LogP contribution >= 0.6 is 0 Å². The second kappa shape index (κ2) is 5.21. The largest absolute Gasteiger partial charge is 0.477 e. The van der Waals surface area contributed by atoms with Gasteiger partial charge in [-0.05, 0) is 13.3 Å². The summed E-state index contributed by atoms with van der Waals surface area (Å²) in [6, 6.07) is -2.86. The molecule has 0 aliphatic carbocycles. The number of carboxylic acids is 1. The molecule has 1 aromatic rings. The number of nitrogens with zero attached hydrogens (tertiary/aromatic N) is 3. The van der Waals surface area contributed by atoms with E-state index in [9.17, 15) is 31.5 Å². The first-order valence-corrected chi connectivity index (χ1v) is 6.05. The smallest absolute Gasteiger partial charge is 0.471 e. The van der Waals surface area contributed by atoms with Gasteiger partial charge in [0.05, 0.1) is 6.20 Å². The topological polar surface area (TPSA) is 75.4 Å². The van der Waals surface area contributed by atoms with Crippen LogP contribution in [0.2, 0.25) is 0 Å². The van der Waals surface area contributed by atoms with E-state index in [0.717, 1.165) is 6.92 Å². The lowest BCUT2D eigenvalue weighted by Crippen LogP contribution is -2.52. The minimum atomic E-state index is -5.27. The van der Waals surface area contributed by atoms with Crippen LogP contribution in [-0.4, -0.2) is 45.4 Å². The molecule has 1 amide bonds. The fourth-order valence-corrected chi connectivity index (χ4v) is 2.40. The van der Waals surface area contributed by atoms with Crippen LogP contribution < -0.4 is 4.90 Å². The predicted octanol–water partition coefficient (Wildman–Crippen LogP) is 2.08. The molecule has 0 bridgehead atoms. The molecule has 1 aliphatic heterocycles. The molecule has 1 aliphatic rings. The van der Waals surface area contributed by atoms with Gasteiger partial charge in [-0.3, -0.25) is 9.69 Å². The minimum absolute atomic E-state index is 0.162. The number of hydrogen-bond acceptors (Lipinski definition) is 3. The van der Waals surface area contributed by atoms with Gasteiger partial charge in [0.2, 0.25) is 0 Å². The standard InChI is InChI=1S/C11H10F5N3O3/c1-4-2-6(7(12)13)19-8(5(3-17-19)9(20)21)18(4)10(22)11(14,15)16/h3-4,6-7H,2H2,1H3,(H,20,21)/t4-,6-/m1/s1. The van der Waals surface area contributed by atoms with Gasteiger partial charge < -0.3 is 5.11 Å². The van der Waals surface area contributed by atoms with Crippen LogP contribution in [-0.2, 0) is 4.79 Å². The SMILES string of the molecule is C[C@@H]1C[C@H](C(F)F)n2ncc(C(=O)O)c2N1C(=O)C(F)(F)F. The van der Waals surface area contributed by atoms with Crippen molar-refractivity contribution in [3.63, 3.8) is 0 Å². The number of aromatic nitrogens is 2. The molecule has 0 radical (unpaired) electrons. The molecule has 6 nitrogen and oxygen atoms in total. The van der Waals surface area contributed by atoms with Crippen LogP contribution in [0.5, 0.6) is 0 Å². The fraction of sp³-hybridized carbons (Fsp3) is 0.545. The summed E-state index contributed by atoms with van der Waals surface area (Å²) < 4.78 is 64.5. The Morgan fingerprint density at radius 3 is 2.45 bits per heavy atom. The van der Waals surface area contributed by atoms with E-state index in [1.807, 2.05) is 0 Å². The van der Waals surface area contributed by atoms with Crippen molar-refractivity contribution in [2.75, 3.05) is 4.90 Å². The van der Waals surface area contributed by atoms with Crippen molar-refractivity contribution in [2.45, 2.75) is 38.0 Å². The van der Waals surface area contributed by atoms with E-state index < -0.39 is 54.4 Å². The maximum atomic E-state index is 13.0. The number of halogens is 5. The molecule has 11 heteroatoms. The Morgan fingerprint density at radius 2 is 2.00 bits per heavy atom. The zero-order valence-corrected chi connectivity index (χ0v) is 11.0. The van der Waals surface area contributed by atoms with E-state index >= 15 is 0 Å². The van der Waals surface area contributed by atoms with Crippen molar-refractivity contribution >= 4 is 17.7 Å². The number of hydrogen-bond donors (Lipinski definition) is 1. The molecule has 2 rings (SSSR count). The number of carboxylic acid groups (broad SMARTS) is 1. The molecule has 1 aromatic heterocycles. The molecule has 0 saturated carbocycles. The molecule has 0 saturated heterocycles. The first-order chi connectivity index (χ1) is 10.1. The molecule has 2 atom stereocenters. The van der Waals surface area contributed by atoms with E-state index in [1.54, 1.807) is 0 Å². The normalized spacial score (nSPS) is 21.9. The summed E-state index contributed by atoms with van der Waals surface area (Å²) in [6.45, 7) is 1.14. The summed E-state index contributed by atoms with van der Waals surface area (Å²) in [5.74, 6) is -4.76. The average molecular weight is 327 g/mol. The molecule has 0 fully saturated rings. The third-order valence-corrected chi connectivity index (χ3v) is 3.32. The Hall–Kier alpha value is -2.20. The van der Waals surface area contributed by atoms with Gasteiger partial charge in [-0.25, -0.2) is 18.3 Å². The van der Waals surface area contributed by atoms with Gasteiger partial charge >= 0.3 is 18.1 Å². The Morgan fingerprint density at radius 1 is 1.41 bits per heavy atom. The lowest BCUT2D eigenvalue weighted by Gasteiger charge is -2.38. The lowest BCUT2D eigenvalue weighted by molar-refractivity contribution is -0.171. The fourth-order valence-electron chi connectivity index (χ4n) is 2.40. The van der Waals surface area contributed by atoms with E-state index in [2.05, 4.69) is 5.10 Å². The quantitative estimate of drug-likeness (QED) is 0.844. The van der Waals surface area contributed by atoms with E-state index in [1.165, 1.54) is 0 Å². The third kappa shape index (κ3) is 2.50. The zero-order valence-electron chi connectivity index (χ0n) is 11.0. The average Bonchev–Trinajstić information content (AvgIpc) is 2.80. The van der Waals surface area contributed by atoms with Gasteiger partial charge in [-0.1, -0.05) is 0 Å². The third-order valence-electron chi connectivity index (χ3n) is 3.32. The second-order valence-electron chi connectivity index (χ2n) is 4.79. The van der Waals surface area contributed by atoms with Crippen LogP contribution in [0.4, 0.5) is 27.8 Å². The van der Waals surface area contributed by atoms with Gasteiger partial charge in [0, 0.05) is 6.04 Å². The predicted molar refractivity (Wildman–Crippen MR) is 61.8 cm³/mol. The van der Waals surface area contributed by atoms with Gasteiger partial charge in [0.25, 0.3) is 6.43 Å². The Bertz CT molecular complexity index is 613. The first kappa shape index (κ1) is 16.2. The monoisotopic (exact) mass is 327 g/mol. The second-order valence-corrected chi connectivity index (χ2v) is 4.79. The minimum Gasteiger partial charge on any atom is -0.477 e. The summed E-state index contributed by atoms with van der Waals surface area (Å²) >= 11 is 0. The van der Waals surface area contributed by atoms with Crippen LogP contribution in [0.25, 0.3) is 0 Å². The van der Waals surface area contributed by atoms with E-state index in [-0.39, 0.29) is 4.90 Å². The molecule has 22 heavy (non-hydrogen) atoms. The summed E-state index contributed by atoms with van der Waals surface area (Å²) in [5, 5.41) is 12.4. The maximum absolute atomic E-state index is 13.0. The molecule has 122 valence electrons. The van der Waals surface area contributed by atoms with Crippen molar-refractivity contribution in [1.29, 1.82) is 0 Å². The highest BCUT2D eigenvalue weighted by Crippen LogP contribution is 2.39. The lowest BCUT2D eigenvalue weighted by atomic mass is 10.0. The maximum Gasteiger partial charge on any atom is 0.471 e. The van der Waals surface area contributed by atoms with E-state index in [0.29, 0.717) is 10.9 Å². The molecule has 0 spiro atoms. The number of carbonyl (C=O) groups is 2. The summed E-state index contributed by atoms with van der Waals surface area (Å²) in [4.78, 5) is 22.8. The van der Waals surface area contributed by atoms with Crippen molar-refractivity contribution in [2.24, 2.45) is 0 Å². The zero-order chi connectivity index (χ0) is 16.8. The van der Waals surface area contributed by atoms with Crippen LogP contribution in [0.15, 0.2) is 6.20 Å². The summed E-state index contributed by atoms with van der Waals surface area (Å²) in [6.07, 6.45) is -8.06. The van der Waals surface area contributed by atoms with Gasteiger partial charge in [0.1, 0.15) is 17.4 Å². The van der Waals surface area contributed by atoms with Crippen molar-refractivity contribution < 1.29 is 36.6 Å². The number of amides is 1. The Balaban J connectivity index is 2.63. The van der Waals surface area contributed by atoms with Crippen LogP contribution in [0.1, 0.15) is 29.7 Å². The first-order valence-electron chi connectivity index (χ1n) is 6.05. The van der Waals surface area contributed by atoms with Crippen molar-refractivity contribution in [3.8, 4) is 0 Å². The highest BCUT2D eigenvalue weighted by molar-refractivity contribution is 6.03. The Kier molecular flexibility index (Phi) is 3.83. The van der Waals surface area contributed by atoms with Crippen molar-refractivity contribution in [3.05, 3.63) is 11.8 Å². The number of rotatable bonds is 2.